The van der Waals surface area contributed by atoms with Crippen molar-refractivity contribution in [2.45, 2.75) is 64.5 Å². The van der Waals surface area contributed by atoms with Crippen molar-refractivity contribution < 1.29 is 14.3 Å². The van der Waals surface area contributed by atoms with E-state index in [-0.39, 0.29) is 36.3 Å². The Morgan fingerprint density at radius 1 is 1.03 bits per heavy atom. The lowest BCUT2D eigenvalue weighted by Crippen LogP contribution is -2.39. The van der Waals surface area contributed by atoms with E-state index in [2.05, 4.69) is 25.8 Å². The molecule has 1 aromatic heterocycles. The maximum Gasteiger partial charge on any atom is 0.254 e. The number of nitrogens with zero attached hydrogens (tertiary/aromatic N) is 1. The Morgan fingerprint density at radius 2 is 1.70 bits per heavy atom. The molecule has 0 unspecified atom stereocenters. The third-order valence-corrected chi connectivity index (χ3v) is 6.78. The van der Waals surface area contributed by atoms with Crippen molar-refractivity contribution in [1.82, 2.24) is 9.88 Å². The number of fused-ring (bicyclic) bond motifs is 2. The Kier molecular flexibility index (Phi) is 5.39. The Morgan fingerprint density at radius 3 is 2.36 bits per heavy atom. The zero-order valence-corrected chi connectivity index (χ0v) is 19.4. The highest BCUT2D eigenvalue weighted by Gasteiger charge is 2.29. The van der Waals surface area contributed by atoms with Gasteiger partial charge < -0.3 is 19.4 Å². The summed E-state index contributed by atoms with van der Waals surface area (Å²) in [7, 11) is 0. The molecule has 5 rings (SSSR count). The number of hydrogen-bond acceptors (Lipinski definition) is 4. The molecule has 1 aliphatic heterocycles. The van der Waals surface area contributed by atoms with Crippen LogP contribution in [0.1, 0.15) is 67.9 Å². The molecule has 0 radical (unpaired) electrons. The van der Waals surface area contributed by atoms with Gasteiger partial charge in [-0.15, -0.1) is 0 Å². The van der Waals surface area contributed by atoms with Crippen molar-refractivity contribution in [3.63, 3.8) is 0 Å². The highest BCUT2D eigenvalue weighted by atomic mass is 16.7. The lowest BCUT2D eigenvalue weighted by molar-refractivity contribution is 0.0663. The van der Waals surface area contributed by atoms with Crippen LogP contribution in [0.25, 0.3) is 10.9 Å². The Hall–Kier alpha value is -3.28. The van der Waals surface area contributed by atoms with Gasteiger partial charge in [-0.3, -0.25) is 9.59 Å². The number of ether oxygens (including phenoxy) is 2. The molecule has 1 fully saturated rings. The molecule has 1 amide bonds. The summed E-state index contributed by atoms with van der Waals surface area (Å²) in [6.07, 6.45) is 4.15. The Bertz CT molecular complexity index is 1250. The first-order chi connectivity index (χ1) is 15.8. The normalized spacial score (nSPS) is 15.8. The molecule has 0 spiro atoms. The fourth-order valence-corrected chi connectivity index (χ4v) is 4.80. The molecule has 1 saturated carbocycles. The molecule has 2 aromatic carbocycles. The minimum Gasteiger partial charge on any atom is -0.454 e. The molecule has 0 saturated heterocycles. The van der Waals surface area contributed by atoms with Crippen LogP contribution in [0.2, 0.25) is 0 Å². The third kappa shape index (κ3) is 4.22. The van der Waals surface area contributed by atoms with E-state index in [1.54, 1.807) is 6.07 Å². The Labute approximate surface area is 193 Å². The smallest absolute Gasteiger partial charge is 0.254 e. The highest BCUT2D eigenvalue weighted by molar-refractivity contribution is 5.94. The molecular weight excluding hydrogens is 416 g/mol. The van der Waals surface area contributed by atoms with Crippen molar-refractivity contribution in [3.8, 4) is 11.5 Å². The SMILES string of the molecule is CC(C)(C)c1ccc(C(=O)N(Cc2cc3cc4c(cc3[nH]c2=O)OCO4)C2CCCC2)cc1. The van der Waals surface area contributed by atoms with Gasteiger partial charge in [0, 0.05) is 28.6 Å². The average Bonchev–Trinajstić information content (AvgIpc) is 3.47. The molecule has 172 valence electrons. The highest BCUT2D eigenvalue weighted by Crippen LogP contribution is 2.35. The second kappa shape index (κ2) is 8.25. The molecule has 6 heteroatoms. The van der Waals surface area contributed by atoms with Gasteiger partial charge in [0.15, 0.2) is 11.5 Å². The maximum atomic E-state index is 13.6. The van der Waals surface area contributed by atoms with Crippen molar-refractivity contribution in [2.24, 2.45) is 0 Å². The molecule has 33 heavy (non-hydrogen) atoms. The number of rotatable bonds is 4. The molecule has 2 heterocycles. The van der Waals surface area contributed by atoms with E-state index in [9.17, 15) is 9.59 Å². The summed E-state index contributed by atoms with van der Waals surface area (Å²) in [5.41, 5.74) is 2.98. The third-order valence-electron chi connectivity index (χ3n) is 6.78. The van der Waals surface area contributed by atoms with Gasteiger partial charge in [-0.05, 0) is 48.1 Å². The minimum atomic E-state index is -0.180. The van der Waals surface area contributed by atoms with Gasteiger partial charge in [-0.1, -0.05) is 45.7 Å². The van der Waals surface area contributed by atoms with Crippen molar-refractivity contribution >= 4 is 16.8 Å². The summed E-state index contributed by atoms with van der Waals surface area (Å²) in [6.45, 7) is 6.94. The predicted octanol–water partition coefficient (Wildman–Crippen LogP) is 5.14. The predicted molar refractivity (Wildman–Crippen MR) is 128 cm³/mol. The van der Waals surface area contributed by atoms with Crippen LogP contribution in [0.4, 0.5) is 0 Å². The zero-order valence-electron chi connectivity index (χ0n) is 19.4. The second-order valence-electron chi connectivity index (χ2n) is 10.1. The summed E-state index contributed by atoms with van der Waals surface area (Å²) in [5.74, 6) is 1.28. The number of aromatic amines is 1. The van der Waals surface area contributed by atoms with Gasteiger partial charge in [0.05, 0.1) is 12.1 Å². The van der Waals surface area contributed by atoms with Gasteiger partial charge in [-0.2, -0.15) is 0 Å². The summed E-state index contributed by atoms with van der Waals surface area (Å²) in [4.78, 5) is 31.4. The Balaban J connectivity index is 1.48. The summed E-state index contributed by atoms with van der Waals surface area (Å²) >= 11 is 0. The zero-order chi connectivity index (χ0) is 23.2. The van der Waals surface area contributed by atoms with E-state index in [0.717, 1.165) is 31.1 Å². The topological polar surface area (TPSA) is 71.6 Å². The number of nitrogens with one attached hydrogen (secondary N) is 1. The second-order valence-corrected chi connectivity index (χ2v) is 10.1. The minimum absolute atomic E-state index is 0.0208. The van der Waals surface area contributed by atoms with Crippen molar-refractivity contribution in [3.05, 3.63) is 69.5 Å². The van der Waals surface area contributed by atoms with Gasteiger partial charge in [0.1, 0.15) is 0 Å². The van der Waals surface area contributed by atoms with Crippen LogP contribution in [-0.4, -0.2) is 28.6 Å². The van der Waals surface area contributed by atoms with E-state index in [4.69, 9.17) is 9.47 Å². The van der Waals surface area contributed by atoms with E-state index < -0.39 is 0 Å². The monoisotopic (exact) mass is 446 g/mol. The number of H-pyrrole nitrogens is 1. The van der Waals surface area contributed by atoms with Crippen LogP contribution in [0.15, 0.2) is 47.3 Å². The molecule has 3 aromatic rings. The van der Waals surface area contributed by atoms with Gasteiger partial charge in [-0.25, -0.2) is 0 Å². The fraction of sp³-hybridized carbons (Fsp3) is 0.407. The van der Waals surface area contributed by atoms with Crippen molar-refractivity contribution in [2.75, 3.05) is 6.79 Å². The number of benzene rings is 2. The molecule has 1 N–H and O–H groups in total. The van der Waals surface area contributed by atoms with Crippen molar-refractivity contribution in [1.29, 1.82) is 0 Å². The average molecular weight is 447 g/mol. The summed E-state index contributed by atoms with van der Waals surface area (Å²) < 4.78 is 10.9. The molecule has 0 bridgehead atoms. The number of amides is 1. The summed E-state index contributed by atoms with van der Waals surface area (Å²) in [5, 5.41) is 0.863. The molecule has 6 nitrogen and oxygen atoms in total. The fourth-order valence-electron chi connectivity index (χ4n) is 4.80. The van der Waals surface area contributed by atoms with E-state index in [1.807, 2.05) is 41.3 Å². The number of carbonyl (C=O) groups is 1. The largest absolute Gasteiger partial charge is 0.454 e. The van der Waals surface area contributed by atoms with E-state index in [1.165, 1.54) is 5.56 Å². The van der Waals surface area contributed by atoms with Crippen LogP contribution in [0, 0.1) is 0 Å². The van der Waals surface area contributed by atoms with Gasteiger partial charge in [0.2, 0.25) is 6.79 Å². The number of carbonyl (C=O) groups excluding carboxylic acids is 1. The number of pyridine rings is 1. The van der Waals surface area contributed by atoms with E-state index in [0.29, 0.717) is 28.1 Å². The molecule has 1 aliphatic carbocycles. The van der Waals surface area contributed by atoms with Crippen LogP contribution < -0.4 is 15.0 Å². The standard InChI is InChI=1S/C27H30N2O4/c1-27(2,3)20-10-8-17(9-11-20)26(31)29(21-6-4-5-7-21)15-19-12-18-13-23-24(33-16-32-23)14-22(18)28-25(19)30/h8-14,21H,4-7,15-16H2,1-3H3,(H,28,30). The first-order valence-electron chi connectivity index (χ1n) is 11.7. The molecule has 2 aliphatic rings. The van der Waals surface area contributed by atoms with Gasteiger partial charge >= 0.3 is 0 Å². The number of hydrogen-bond donors (Lipinski definition) is 1. The van der Waals surface area contributed by atoms with Crippen LogP contribution in [-0.2, 0) is 12.0 Å². The first kappa shape index (κ1) is 21.6. The van der Waals surface area contributed by atoms with Gasteiger partial charge in [0.25, 0.3) is 11.5 Å². The molecule has 0 atom stereocenters. The lowest BCUT2D eigenvalue weighted by Gasteiger charge is -2.29. The first-order valence-corrected chi connectivity index (χ1v) is 11.7. The number of aromatic nitrogens is 1. The van der Waals surface area contributed by atoms with Crippen LogP contribution in [0.5, 0.6) is 11.5 Å². The van der Waals surface area contributed by atoms with Crippen LogP contribution in [0.3, 0.4) is 0 Å². The maximum absolute atomic E-state index is 13.6. The van der Waals surface area contributed by atoms with E-state index >= 15 is 0 Å². The summed E-state index contributed by atoms with van der Waals surface area (Å²) in [6, 6.07) is 13.6. The molecular formula is C27H30N2O4. The lowest BCUT2D eigenvalue weighted by atomic mass is 9.86. The quantitative estimate of drug-likeness (QED) is 0.602. The van der Waals surface area contributed by atoms with Crippen LogP contribution >= 0.6 is 0 Å².